The summed E-state index contributed by atoms with van der Waals surface area (Å²) in [4.78, 5) is 39.7. The van der Waals surface area contributed by atoms with Crippen LogP contribution in [0.3, 0.4) is 0 Å². The van der Waals surface area contributed by atoms with Gasteiger partial charge in [0.1, 0.15) is 11.5 Å². The predicted molar refractivity (Wildman–Crippen MR) is 130 cm³/mol. The topological polar surface area (TPSA) is 110 Å². The SMILES string of the molecule is COc1cc(NC(=O)C2CCN(C(=O)c3ccco3)CC2)c(OC)cc1NC(=O)c1ccccc1. The first-order valence-electron chi connectivity index (χ1n) is 11.3. The van der Waals surface area contributed by atoms with Gasteiger partial charge >= 0.3 is 0 Å². The lowest BCUT2D eigenvalue weighted by Crippen LogP contribution is -2.41. The quantitative estimate of drug-likeness (QED) is 0.532. The molecule has 0 spiro atoms. The number of amides is 3. The molecule has 9 heteroatoms. The molecule has 2 heterocycles. The third-order valence-corrected chi connectivity index (χ3v) is 5.95. The standard InChI is InChI=1S/C26H27N3O6/c1-33-22-16-20(23(34-2)15-19(22)27-24(30)17-7-4-3-5-8-17)28-25(31)18-10-12-29(13-11-18)26(32)21-9-6-14-35-21/h3-9,14-16,18H,10-13H2,1-2H3,(H,27,30)(H,28,31). The minimum atomic E-state index is -0.293. The number of hydrogen-bond donors (Lipinski definition) is 2. The molecule has 0 aliphatic carbocycles. The van der Waals surface area contributed by atoms with E-state index in [1.165, 1.54) is 20.5 Å². The van der Waals surface area contributed by atoms with Crippen LogP contribution in [0, 0.1) is 5.92 Å². The highest BCUT2D eigenvalue weighted by molar-refractivity contribution is 6.05. The van der Waals surface area contributed by atoms with Crippen LogP contribution < -0.4 is 20.1 Å². The summed E-state index contributed by atoms with van der Waals surface area (Å²) in [6, 6.07) is 15.3. The number of anilines is 2. The number of carbonyl (C=O) groups excluding carboxylic acids is 3. The van der Waals surface area contributed by atoms with Gasteiger partial charge in [0, 0.05) is 36.7 Å². The van der Waals surface area contributed by atoms with Crippen molar-refractivity contribution in [1.29, 1.82) is 0 Å². The number of furan rings is 1. The van der Waals surface area contributed by atoms with Crippen LogP contribution in [0.25, 0.3) is 0 Å². The van der Waals surface area contributed by atoms with Crippen molar-refractivity contribution in [2.45, 2.75) is 12.8 Å². The zero-order valence-electron chi connectivity index (χ0n) is 19.6. The highest BCUT2D eigenvalue weighted by Gasteiger charge is 2.29. The van der Waals surface area contributed by atoms with Gasteiger partial charge in [-0.2, -0.15) is 0 Å². The van der Waals surface area contributed by atoms with Gasteiger partial charge in [-0.05, 0) is 37.1 Å². The van der Waals surface area contributed by atoms with Gasteiger partial charge in [-0.1, -0.05) is 18.2 Å². The Labute approximate surface area is 203 Å². The number of likely N-dealkylation sites (tertiary alicyclic amines) is 1. The van der Waals surface area contributed by atoms with Crippen molar-refractivity contribution in [3.05, 3.63) is 72.2 Å². The molecule has 1 aliphatic rings. The fourth-order valence-electron chi connectivity index (χ4n) is 4.01. The van der Waals surface area contributed by atoms with Gasteiger partial charge < -0.3 is 29.4 Å². The highest BCUT2D eigenvalue weighted by Crippen LogP contribution is 2.37. The number of piperidine rings is 1. The van der Waals surface area contributed by atoms with Crippen LogP contribution >= 0.6 is 0 Å². The Kier molecular flexibility index (Phi) is 7.35. The van der Waals surface area contributed by atoms with Crippen molar-refractivity contribution in [2.75, 3.05) is 37.9 Å². The number of benzene rings is 2. The molecule has 35 heavy (non-hydrogen) atoms. The minimum absolute atomic E-state index is 0.170. The summed E-state index contributed by atoms with van der Waals surface area (Å²) in [6.45, 7) is 0.922. The summed E-state index contributed by atoms with van der Waals surface area (Å²) in [5.74, 6) is 0.161. The number of rotatable bonds is 7. The summed E-state index contributed by atoms with van der Waals surface area (Å²) in [7, 11) is 2.97. The van der Waals surface area contributed by atoms with E-state index in [0.717, 1.165) is 0 Å². The third kappa shape index (κ3) is 5.46. The molecule has 0 radical (unpaired) electrons. The fraction of sp³-hybridized carbons (Fsp3) is 0.269. The fourth-order valence-corrected chi connectivity index (χ4v) is 4.01. The number of carbonyl (C=O) groups is 3. The molecule has 0 unspecified atom stereocenters. The lowest BCUT2D eigenvalue weighted by Gasteiger charge is -2.31. The Morgan fingerprint density at radius 3 is 2.09 bits per heavy atom. The van der Waals surface area contributed by atoms with Gasteiger partial charge in [-0.15, -0.1) is 0 Å². The molecule has 2 N–H and O–H groups in total. The van der Waals surface area contributed by atoms with E-state index in [2.05, 4.69) is 10.6 Å². The van der Waals surface area contributed by atoms with E-state index < -0.39 is 0 Å². The molecule has 1 aliphatic heterocycles. The molecule has 1 saturated heterocycles. The van der Waals surface area contributed by atoms with Gasteiger partial charge in [0.2, 0.25) is 5.91 Å². The number of nitrogens with one attached hydrogen (secondary N) is 2. The molecule has 0 saturated carbocycles. The Morgan fingerprint density at radius 2 is 1.51 bits per heavy atom. The normalized spacial score (nSPS) is 13.7. The molecule has 9 nitrogen and oxygen atoms in total. The zero-order valence-corrected chi connectivity index (χ0v) is 19.6. The lowest BCUT2D eigenvalue weighted by atomic mass is 9.95. The second-order valence-corrected chi connectivity index (χ2v) is 8.11. The maximum Gasteiger partial charge on any atom is 0.289 e. The van der Waals surface area contributed by atoms with Crippen molar-refractivity contribution >= 4 is 29.1 Å². The van der Waals surface area contributed by atoms with Crippen LogP contribution in [0.2, 0.25) is 0 Å². The average molecular weight is 478 g/mol. The molecule has 2 aromatic carbocycles. The molecule has 3 aromatic rings. The number of hydrogen-bond acceptors (Lipinski definition) is 6. The molecular formula is C26H27N3O6. The Hall–Kier alpha value is -4.27. The molecule has 0 atom stereocenters. The predicted octanol–water partition coefficient (Wildman–Crippen LogP) is 4.04. The van der Waals surface area contributed by atoms with Crippen molar-refractivity contribution < 1.29 is 28.3 Å². The Bertz CT molecular complexity index is 1190. The summed E-state index contributed by atoms with van der Waals surface area (Å²) in [6.07, 6.45) is 2.53. The van der Waals surface area contributed by atoms with Gasteiger partial charge in [-0.25, -0.2) is 0 Å². The molecule has 1 fully saturated rings. The van der Waals surface area contributed by atoms with Gasteiger partial charge in [-0.3, -0.25) is 14.4 Å². The lowest BCUT2D eigenvalue weighted by molar-refractivity contribution is -0.121. The maximum atomic E-state index is 13.0. The summed E-state index contributed by atoms with van der Waals surface area (Å²) >= 11 is 0. The van der Waals surface area contributed by atoms with Crippen LogP contribution in [0.4, 0.5) is 11.4 Å². The van der Waals surface area contributed by atoms with Gasteiger partial charge in [0.25, 0.3) is 11.8 Å². The maximum absolute atomic E-state index is 13.0. The Morgan fingerprint density at radius 1 is 0.886 bits per heavy atom. The third-order valence-electron chi connectivity index (χ3n) is 5.95. The zero-order chi connectivity index (χ0) is 24.8. The van der Waals surface area contributed by atoms with Gasteiger partial charge in [0.15, 0.2) is 5.76 Å². The van der Waals surface area contributed by atoms with Crippen LogP contribution in [0.1, 0.15) is 33.8 Å². The van der Waals surface area contributed by atoms with Crippen molar-refractivity contribution in [1.82, 2.24) is 4.90 Å². The first-order valence-corrected chi connectivity index (χ1v) is 11.3. The number of ether oxygens (including phenoxy) is 2. The minimum Gasteiger partial charge on any atom is -0.494 e. The summed E-state index contributed by atoms with van der Waals surface area (Å²) in [5, 5.41) is 5.73. The summed E-state index contributed by atoms with van der Waals surface area (Å²) in [5.41, 5.74) is 1.35. The first-order chi connectivity index (χ1) is 17.0. The molecular weight excluding hydrogens is 450 g/mol. The molecule has 182 valence electrons. The Balaban J connectivity index is 1.42. The van der Waals surface area contributed by atoms with Crippen LogP contribution in [-0.4, -0.2) is 49.9 Å². The van der Waals surface area contributed by atoms with Crippen molar-refractivity contribution in [2.24, 2.45) is 5.92 Å². The smallest absolute Gasteiger partial charge is 0.289 e. The molecule has 0 bridgehead atoms. The van der Waals surface area contributed by atoms with E-state index in [-0.39, 0.29) is 23.6 Å². The second-order valence-electron chi connectivity index (χ2n) is 8.11. The van der Waals surface area contributed by atoms with E-state index in [9.17, 15) is 14.4 Å². The number of nitrogens with zero attached hydrogens (tertiary/aromatic N) is 1. The second kappa shape index (κ2) is 10.8. The first kappa shape index (κ1) is 23.9. The van der Waals surface area contributed by atoms with E-state index in [0.29, 0.717) is 60.1 Å². The average Bonchev–Trinajstić information content (AvgIpc) is 3.44. The molecule has 4 rings (SSSR count). The van der Waals surface area contributed by atoms with Crippen LogP contribution in [0.15, 0.2) is 65.3 Å². The van der Waals surface area contributed by atoms with Crippen molar-refractivity contribution in [3.8, 4) is 11.5 Å². The van der Waals surface area contributed by atoms with E-state index >= 15 is 0 Å². The largest absolute Gasteiger partial charge is 0.494 e. The molecule has 3 amide bonds. The van der Waals surface area contributed by atoms with Crippen molar-refractivity contribution in [3.63, 3.8) is 0 Å². The molecule has 1 aromatic heterocycles. The highest BCUT2D eigenvalue weighted by atomic mass is 16.5. The van der Waals surface area contributed by atoms with Gasteiger partial charge in [0.05, 0.1) is 31.9 Å². The van der Waals surface area contributed by atoms with Crippen LogP contribution in [0.5, 0.6) is 11.5 Å². The van der Waals surface area contributed by atoms with E-state index in [4.69, 9.17) is 13.9 Å². The summed E-state index contributed by atoms with van der Waals surface area (Å²) < 4.78 is 16.1. The van der Waals surface area contributed by atoms with E-state index in [1.54, 1.807) is 53.4 Å². The number of methoxy groups -OCH3 is 2. The monoisotopic (exact) mass is 477 g/mol. The van der Waals surface area contributed by atoms with Crippen LogP contribution in [-0.2, 0) is 4.79 Å². The van der Waals surface area contributed by atoms with E-state index in [1.807, 2.05) is 6.07 Å².